The lowest BCUT2D eigenvalue weighted by Gasteiger charge is -2.20. The van der Waals surface area contributed by atoms with E-state index in [9.17, 15) is 4.79 Å². The Morgan fingerprint density at radius 1 is 1.32 bits per heavy atom. The highest BCUT2D eigenvalue weighted by Gasteiger charge is 2.28. The van der Waals surface area contributed by atoms with E-state index >= 15 is 0 Å². The summed E-state index contributed by atoms with van der Waals surface area (Å²) in [6.07, 6.45) is 11.8. The van der Waals surface area contributed by atoms with Crippen LogP contribution >= 0.6 is 33.9 Å². The van der Waals surface area contributed by atoms with Gasteiger partial charge in [-0.2, -0.15) is 0 Å². The number of thiazole rings is 1. The molecule has 1 unspecified atom stereocenters. The number of allylic oxidation sites excluding steroid dienone is 3. The maximum absolute atomic E-state index is 12.6. The molecule has 1 aliphatic heterocycles. The molecule has 0 saturated carbocycles. The summed E-state index contributed by atoms with van der Waals surface area (Å²) < 4.78 is 7.18. The Morgan fingerprint density at radius 3 is 2.91 bits per heavy atom. The van der Waals surface area contributed by atoms with Crippen LogP contribution in [0, 0.1) is 0 Å². The Bertz CT molecular complexity index is 1120. The van der Waals surface area contributed by atoms with E-state index < -0.39 is 0 Å². The number of amides is 1. The average molecular weight is 590 g/mol. The fourth-order valence-electron chi connectivity index (χ4n) is 5.18. The zero-order chi connectivity index (χ0) is 23.7. The molecular formula is C27H32IN3O2S. The molecule has 3 aliphatic rings. The van der Waals surface area contributed by atoms with Crippen LogP contribution in [-0.4, -0.2) is 41.5 Å². The number of fused-ring (bicyclic) bond motifs is 1. The van der Waals surface area contributed by atoms with Crippen LogP contribution in [0.4, 0.5) is 0 Å². The Balaban J connectivity index is 1.29. The molecule has 2 aromatic rings. The third-order valence-electron chi connectivity index (χ3n) is 6.79. The molecule has 5 rings (SSSR count). The highest BCUT2D eigenvalue weighted by Crippen LogP contribution is 2.42. The quantitative estimate of drug-likeness (QED) is 0.396. The Hall–Kier alpha value is -1.71. The number of likely N-dealkylation sites (tertiary alicyclic amines) is 1. The van der Waals surface area contributed by atoms with Crippen LogP contribution in [0.2, 0.25) is 0 Å². The third kappa shape index (κ3) is 5.26. The molecule has 0 radical (unpaired) electrons. The van der Waals surface area contributed by atoms with Crippen LogP contribution in [0.25, 0.3) is 10.4 Å². The first-order valence-electron chi connectivity index (χ1n) is 12.3. The molecule has 1 N–H and O–H groups in total. The number of nitrogens with zero attached hydrogens (tertiary/aromatic N) is 2. The number of rotatable bonds is 7. The van der Waals surface area contributed by atoms with Crippen molar-refractivity contribution in [1.82, 2.24) is 15.2 Å². The predicted octanol–water partition coefficient (Wildman–Crippen LogP) is 6.12. The second kappa shape index (κ2) is 10.5. The van der Waals surface area contributed by atoms with Crippen LogP contribution in [0.3, 0.4) is 0 Å². The minimum atomic E-state index is 0.116. The maximum atomic E-state index is 12.6. The van der Waals surface area contributed by atoms with Crippen LogP contribution < -0.4 is 5.32 Å². The number of hydrogen-bond donors (Lipinski definition) is 1. The number of ether oxygens (including phenoxy) is 1. The number of carbonyl (C=O) groups is 1. The van der Waals surface area contributed by atoms with Gasteiger partial charge in [0.25, 0.3) is 0 Å². The zero-order valence-corrected chi connectivity index (χ0v) is 22.8. The minimum Gasteiger partial charge on any atom is -0.490 e. The number of halogens is 1. The van der Waals surface area contributed by atoms with Crippen LogP contribution in [-0.2, 0) is 16.0 Å². The summed E-state index contributed by atoms with van der Waals surface area (Å²) in [5, 5.41) is 4.45. The van der Waals surface area contributed by atoms with Gasteiger partial charge < -0.3 is 10.1 Å². The number of hydrogen-bond acceptors (Lipinski definition) is 5. The molecule has 7 heteroatoms. The molecule has 1 aromatic carbocycles. The van der Waals surface area contributed by atoms with Gasteiger partial charge in [0.15, 0.2) is 0 Å². The zero-order valence-electron chi connectivity index (χ0n) is 19.9. The van der Waals surface area contributed by atoms with Gasteiger partial charge in [0.1, 0.15) is 10.8 Å². The molecule has 2 aliphatic carbocycles. The molecule has 0 bridgehead atoms. The van der Waals surface area contributed by atoms with E-state index in [0.29, 0.717) is 12.5 Å². The first-order valence-corrected chi connectivity index (χ1v) is 14.2. The third-order valence-corrected chi connectivity index (χ3v) is 8.92. The van der Waals surface area contributed by atoms with Crippen LogP contribution in [0.15, 0.2) is 45.9 Å². The van der Waals surface area contributed by atoms with Crippen LogP contribution in [0.5, 0.6) is 0 Å². The Labute approximate surface area is 219 Å². The van der Waals surface area contributed by atoms with Crippen molar-refractivity contribution in [2.24, 2.45) is 0 Å². The largest absolute Gasteiger partial charge is 0.490 e. The summed E-state index contributed by atoms with van der Waals surface area (Å²) in [5.74, 6) is 1.43. The molecule has 1 fully saturated rings. The summed E-state index contributed by atoms with van der Waals surface area (Å²) in [4.78, 5) is 20.9. The van der Waals surface area contributed by atoms with Crippen molar-refractivity contribution < 1.29 is 9.53 Å². The van der Waals surface area contributed by atoms with Crippen molar-refractivity contribution in [3.8, 4) is 10.4 Å². The Kier molecular flexibility index (Phi) is 7.41. The normalized spacial score (nSPS) is 22.5. The standard InChI is InChI=1S/C27H32IN3O2S/c1-17(2)33-24-11-8-18(14-22(24)28)27-29-15-25(34-27)21-7-5-6-20-19(21)9-10-23(20)30-26(32)16-31-12-3-4-13-31/h5-8,11,15,17-18,23H,3-4,9-10,12-14,16H2,1-2H3,(H,30,32)/t18?,23-/m0/s1. The second-order valence-corrected chi connectivity index (χ2v) is 12.0. The molecule has 0 spiro atoms. The van der Waals surface area contributed by atoms with E-state index in [4.69, 9.17) is 9.72 Å². The molecule has 2 heterocycles. The molecule has 2 atom stereocenters. The molecule has 180 valence electrons. The number of carbonyl (C=O) groups excluding carboxylic acids is 1. The van der Waals surface area contributed by atoms with Crippen molar-refractivity contribution >= 4 is 39.8 Å². The molecule has 34 heavy (non-hydrogen) atoms. The number of aromatic nitrogens is 1. The average Bonchev–Trinajstić information content (AvgIpc) is 3.56. The second-order valence-electron chi connectivity index (χ2n) is 9.68. The van der Waals surface area contributed by atoms with E-state index in [-0.39, 0.29) is 18.1 Å². The molecule has 5 nitrogen and oxygen atoms in total. The van der Waals surface area contributed by atoms with E-state index in [1.54, 1.807) is 11.3 Å². The Morgan fingerprint density at radius 2 is 2.15 bits per heavy atom. The van der Waals surface area contributed by atoms with Crippen LogP contribution in [0.1, 0.15) is 67.6 Å². The van der Waals surface area contributed by atoms with Gasteiger partial charge in [-0.1, -0.05) is 24.3 Å². The molecule has 1 amide bonds. The molecular weight excluding hydrogens is 557 g/mol. The summed E-state index contributed by atoms with van der Waals surface area (Å²) in [5.41, 5.74) is 3.91. The number of nitrogens with one attached hydrogen (secondary N) is 1. The van der Waals surface area contributed by atoms with E-state index in [0.717, 1.165) is 43.1 Å². The van der Waals surface area contributed by atoms with Crippen molar-refractivity contribution in [2.45, 2.75) is 64.0 Å². The summed E-state index contributed by atoms with van der Waals surface area (Å²) >= 11 is 4.19. The summed E-state index contributed by atoms with van der Waals surface area (Å²) in [6, 6.07) is 6.63. The lowest BCUT2D eigenvalue weighted by atomic mass is 10.0. The summed E-state index contributed by atoms with van der Waals surface area (Å²) in [7, 11) is 0. The number of benzene rings is 1. The highest BCUT2D eigenvalue weighted by molar-refractivity contribution is 14.1. The van der Waals surface area contributed by atoms with Gasteiger partial charge in [0.2, 0.25) is 5.91 Å². The first-order chi connectivity index (χ1) is 16.5. The van der Waals surface area contributed by atoms with Gasteiger partial charge >= 0.3 is 0 Å². The fourth-order valence-corrected chi connectivity index (χ4v) is 7.02. The van der Waals surface area contributed by atoms with E-state index in [1.165, 1.54) is 38.0 Å². The van der Waals surface area contributed by atoms with Gasteiger partial charge in [-0.15, -0.1) is 11.3 Å². The van der Waals surface area contributed by atoms with Crippen molar-refractivity contribution in [3.05, 3.63) is 62.0 Å². The van der Waals surface area contributed by atoms with Gasteiger partial charge in [-0.05, 0) is 104 Å². The highest BCUT2D eigenvalue weighted by atomic mass is 127. The van der Waals surface area contributed by atoms with Gasteiger partial charge in [-0.25, -0.2) is 4.98 Å². The van der Waals surface area contributed by atoms with E-state index in [2.05, 4.69) is 77.0 Å². The fraction of sp³-hybridized carbons (Fsp3) is 0.481. The lowest BCUT2D eigenvalue weighted by molar-refractivity contribution is -0.122. The van der Waals surface area contributed by atoms with Gasteiger partial charge in [-0.3, -0.25) is 9.69 Å². The molecule has 1 saturated heterocycles. The maximum Gasteiger partial charge on any atom is 0.234 e. The van der Waals surface area contributed by atoms with E-state index in [1.807, 2.05) is 6.20 Å². The van der Waals surface area contributed by atoms with Gasteiger partial charge in [0.05, 0.1) is 23.6 Å². The van der Waals surface area contributed by atoms with Gasteiger partial charge in [0, 0.05) is 15.7 Å². The topological polar surface area (TPSA) is 54.5 Å². The SMILES string of the molecule is CC(C)OC1=C(I)CC(c2ncc(-c3cccc4c3CC[C@@H]4NC(=O)CN3CCCC3)s2)C=C1. The van der Waals surface area contributed by atoms with Crippen molar-refractivity contribution in [2.75, 3.05) is 19.6 Å². The monoisotopic (exact) mass is 589 g/mol. The smallest absolute Gasteiger partial charge is 0.234 e. The van der Waals surface area contributed by atoms with Crippen molar-refractivity contribution in [3.63, 3.8) is 0 Å². The molecule has 1 aromatic heterocycles. The first kappa shape index (κ1) is 24.0. The lowest BCUT2D eigenvalue weighted by Crippen LogP contribution is -2.37. The summed E-state index contributed by atoms with van der Waals surface area (Å²) in [6.45, 7) is 6.74. The predicted molar refractivity (Wildman–Crippen MR) is 146 cm³/mol. The minimum absolute atomic E-state index is 0.116. The van der Waals surface area contributed by atoms with Crippen molar-refractivity contribution in [1.29, 1.82) is 0 Å².